The van der Waals surface area contributed by atoms with Gasteiger partial charge in [0, 0.05) is 12.0 Å². The standard InChI is InChI=1S/C17H15BrO2/c1-10-5-17(20-2)15(18)8-12(10)6-11-3-4-14-13(7-11)9-16(14)19/h3-5,7-8H,6,9H2,1-2H3. The van der Waals surface area contributed by atoms with Crippen LogP contribution in [0.3, 0.4) is 0 Å². The van der Waals surface area contributed by atoms with E-state index in [0.717, 1.165) is 22.2 Å². The van der Waals surface area contributed by atoms with Gasteiger partial charge in [-0.25, -0.2) is 0 Å². The molecule has 0 heterocycles. The first-order chi connectivity index (χ1) is 9.58. The minimum absolute atomic E-state index is 0.259. The fraction of sp³-hybridized carbons (Fsp3) is 0.235. The maximum atomic E-state index is 11.3. The number of aryl methyl sites for hydroxylation is 1. The number of halogens is 1. The number of hydrogen-bond donors (Lipinski definition) is 0. The number of benzene rings is 2. The van der Waals surface area contributed by atoms with Crippen LogP contribution in [0.1, 0.15) is 32.6 Å². The summed E-state index contributed by atoms with van der Waals surface area (Å²) in [5.74, 6) is 1.11. The number of methoxy groups -OCH3 is 1. The van der Waals surface area contributed by atoms with E-state index in [0.29, 0.717) is 6.42 Å². The first-order valence-corrected chi connectivity index (χ1v) is 7.36. The first kappa shape index (κ1) is 13.4. The highest BCUT2D eigenvalue weighted by Gasteiger charge is 2.22. The van der Waals surface area contributed by atoms with Crippen molar-refractivity contribution in [1.82, 2.24) is 0 Å². The Morgan fingerprint density at radius 1 is 1.25 bits per heavy atom. The summed E-state index contributed by atoms with van der Waals surface area (Å²) in [4.78, 5) is 11.3. The molecule has 1 aliphatic carbocycles. The number of carbonyl (C=O) groups is 1. The zero-order valence-electron chi connectivity index (χ0n) is 11.5. The minimum atomic E-state index is 0.259. The molecule has 102 valence electrons. The quantitative estimate of drug-likeness (QED) is 0.847. The van der Waals surface area contributed by atoms with E-state index >= 15 is 0 Å². The molecule has 0 amide bonds. The third kappa shape index (κ3) is 2.27. The highest BCUT2D eigenvalue weighted by Crippen LogP contribution is 2.30. The predicted octanol–water partition coefficient (Wildman–Crippen LogP) is 4.10. The molecule has 0 fully saturated rings. The lowest BCUT2D eigenvalue weighted by Gasteiger charge is -2.18. The van der Waals surface area contributed by atoms with E-state index in [-0.39, 0.29) is 5.78 Å². The summed E-state index contributed by atoms with van der Waals surface area (Å²) in [6.45, 7) is 2.09. The van der Waals surface area contributed by atoms with Gasteiger partial charge in [0.15, 0.2) is 5.78 Å². The van der Waals surface area contributed by atoms with Crippen molar-refractivity contribution < 1.29 is 9.53 Å². The molecule has 3 heteroatoms. The molecule has 3 rings (SSSR count). The summed E-state index contributed by atoms with van der Waals surface area (Å²) in [7, 11) is 1.67. The van der Waals surface area contributed by atoms with Crippen molar-refractivity contribution in [2.45, 2.75) is 19.8 Å². The van der Waals surface area contributed by atoms with Gasteiger partial charge >= 0.3 is 0 Å². The first-order valence-electron chi connectivity index (χ1n) is 6.56. The number of rotatable bonds is 3. The molecule has 0 spiro atoms. The molecule has 0 saturated carbocycles. The molecule has 20 heavy (non-hydrogen) atoms. The molecule has 0 aliphatic heterocycles. The molecule has 0 atom stereocenters. The van der Waals surface area contributed by atoms with E-state index in [2.05, 4.69) is 35.0 Å². The van der Waals surface area contributed by atoms with Crippen molar-refractivity contribution in [3.8, 4) is 5.75 Å². The maximum absolute atomic E-state index is 11.3. The highest BCUT2D eigenvalue weighted by molar-refractivity contribution is 9.10. The summed E-state index contributed by atoms with van der Waals surface area (Å²) in [5, 5.41) is 0. The minimum Gasteiger partial charge on any atom is -0.496 e. The van der Waals surface area contributed by atoms with Crippen molar-refractivity contribution in [3.05, 3.63) is 62.6 Å². The summed E-state index contributed by atoms with van der Waals surface area (Å²) < 4.78 is 6.27. The zero-order valence-corrected chi connectivity index (χ0v) is 13.1. The fourth-order valence-corrected chi connectivity index (χ4v) is 3.15. The molecule has 0 bridgehead atoms. The molecular weight excluding hydrogens is 316 g/mol. The summed E-state index contributed by atoms with van der Waals surface area (Å²) >= 11 is 3.53. The Kier molecular flexibility index (Phi) is 3.38. The molecule has 0 aromatic heterocycles. The van der Waals surface area contributed by atoms with Gasteiger partial charge in [-0.15, -0.1) is 0 Å². The Balaban J connectivity index is 1.90. The van der Waals surface area contributed by atoms with Crippen LogP contribution in [0.5, 0.6) is 5.75 Å². The molecular formula is C17H15BrO2. The molecule has 1 aliphatic rings. The third-order valence-corrected chi connectivity index (χ3v) is 4.45. The maximum Gasteiger partial charge on any atom is 0.167 e. The van der Waals surface area contributed by atoms with E-state index in [9.17, 15) is 4.79 Å². The van der Waals surface area contributed by atoms with Crippen molar-refractivity contribution in [2.75, 3.05) is 7.11 Å². The fourth-order valence-electron chi connectivity index (χ4n) is 2.60. The molecule has 0 saturated heterocycles. The molecule has 0 N–H and O–H groups in total. The predicted molar refractivity (Wildman–Crippen MR) is 82.7 cm³/mol. The van der Waals surface area contributed by atoms with Gasteiger partial charge in [0.2, 0.25) is 0 Å². The summed E-state index contributed by atoms with van der Waals surface area (Å²) in [5.41, 5.74) is 5.79. The van der Waals surface area contributed by atoms with Gasteiger partial charge in [0.25, 0.3) is 0 Å². The molecule has 0 unspecified atom stereocenters. The number of ether oxygens (including phenoxy) is 1. The van der Waals surface area contributed by atoms with Crippen LogP contribution in [-0.4, -0.2) is 12.9 Å². The van der Waals surface area contributed by atoms with Crippen LogP contribution in [0.4, 0.5) is 0 Å². The second-order valence-corrected chi connectivity index (χ2v) is 6.04. The Labute approximate surface area is 126 Å². The third-order valence-electron chi connectivity index (χ3n) is 3.83. The number of hydrogen-bond acceptors (Lipinski definition) is 2. The second kappa shape index (κ2) is 5.06. The van der Waals surface area contributed by atoms with Gasteiger partial charge in [-0.1, -0.05) is 18.2 Å². The highest BCUT2D eigenvalue weighted by atomic mass is 79.9. The number of Topliss-reactive ketones (excluding diaryl/α,β-unsaturated/α-hetero) is 1. The van der Waals surface area contributed by atoms with Crippen molar-refractivity contribution in [2.24, 2.45) is 0 Å². The van der Waals surface area contributed by atoms with Crippen LogP contribution >= 0.6 is 15.9 Å². The number of carbonyl (C=O) groups excluding carboxylic acids is 1. The Morgan fingerprint density at radius 3 is 2.70 bits per heavy atom. The van der Waals surface area contributed by atoms with Gasteiger partial charge in [-0.05, 0) is 63.7 Å². The van der Waals surface area contributed by atoms with Crippen molar-refractivity contribution in [3.63, 3.8) is 0 Å². The smallest absolute Gasteiger partial charge is 0.167 e. The van der Waals surface area contributed by atoms with E-state index in [1.807, 2.05) is 18.2 Å². The van der Waals surface area contributed by atoms with Crippen LogP contribution in [0, 0.1) is 6.92 Å². The van der Waals surface area contributed by atoms with Crippen LogP contribution < -0.4 is 4.74 Å². The molecule has 2 aromatic carbocycles. The van der Waals surface area contributed by atoms with Crippen LogP contribution in [0.2, 0.25) is 0 Å². The number of fused-ring (bicyclic) bond motifs is 1. The topological polar surface area (TPSA) is 26.3 Å². The SMILES string of the molecule is COc1cc(C)c(Cc2ccc3c(c2)CC3=O)cc1Br. The van der Waals surface area contributed by atoms with Gasteiger partial charge in [0.05, 0.1) is 11.6 Å². The van der Waals surface area contributed by atoms with Crippen LogP contribution in [0.25, 0.3) is 0 Å². The Bertz CT molecular complexity index is 704. The van der Waals surface area contributed by atoms with E-state index < -0.39 is 0 Å². The summed E-state index contributed by atoms with van der Waals surface area (Å²) in [6.07, 6.45) is 1.46. The number of ketones is 1. The molecule has 2 nitrogen and oxygen atoms in total. The zero-order chi connectivity index (χ0) is 14.3. The van der Waals surface area contributed by atoms with Crippen LogP contribution in [-0.2, 0) is 12.8 Å². The van der Waals surface area contributed by atoms with Crippen molar-refractivity contribution >= 4 is 21.7 Å². The lowest BCUT2D eigenvalue weighted by Crippen LogP contribution is -2.18. The van der Waals surface area contributed by atoms with Crippen LogP contribution in [0.15, 0.2) is 34.8 Å². The van der Waals surface area contributed by atoms with Crippen molar-refractivity contribution in [1.29, 1.82) is 0 Å². The van der Waals surface area contributed by atoms with E-state index in [1.165, 1.54) is 22.3 Å². The normalized spacial score (nSPS) is 12.8. The Morgan fingerprint density at radius 2 is 2.05 bits per heavy atom. The van der Waals surface area contributed by atoms with Gasteiger partial charge in [-0.2, -0.15) is 0 Å². The molecule has 2 aromatic rings. The average molecular weight is 331 g/mol. The Hall–Kier alpha value is -1.61. The van der Waals surface area contributed by atoms with Gasteiger partial charge < -0.3 is 4.74 Å². The van der Waals surface area contributed by atoms with E-state index in [4.69, 9.17) is 4.74 Å². The average Bonchev–Trinajstić information content (AvgIpc) is 2.41. The van der Waals surface area contributed by atoms with Gasteiger partial charge in [-0.3, -0.25) is 4.79 Å². The largest absolute Gasteiger partial charge is 0.496 e. The second-order valence-electron chi connectivity index (χ2n) is 5.18. The van der Waals surface area contributed by atoms with E-state index in [1.54, 1.807) is 7.11 Å². The monoisotopic (exact) mass is 330 g/mol. The van der Waals surface area contributed by atoms with Gasteiger partial charge in [0.1, 0.15) is 5.75 Å². The lowest BCUT2D eigenvalue weighted by atomic mass is 9.85. The summed E-state index contributed by atoms with van der Waals surface area (Å²) in [6, 6.07) is 10.3. The molecule has 0 radical (unpaired) electrons. The lowest BCUT2D eigenvalue weighted by molar-refractivity contribution is 0.0968.